The molecule has 0 spiro atoms. The molecule has 0 bridgehead atoms. The Balaban J connectivity index is 1.81. The van der Waals surface area contributed by atoms with Gasteiger partial charge in [0, 0.05) is 10.9 Å². The summed E-state index contributed by atoms with van der Waals surface area (Å²) in [6, 6.07) is 19.2. The van der Waals surface area contributed by atoms with Gasteiger partial charge in [-0.3, -0.25) is 0 Å². The third-order valence-corrected chi connectivity index (χ3v) is 6.61. The van der Waals surface area contributed by atoms with E-state index in [1.807, 2.05) is 43.3 Å². The maximum absolute atomic E-state index is 13.3. The summed E-state index contributed by atoms with van der Waals surface area (Å²) in [5, 5.41) is 4.46. The van der Waals surface area contributed by atoms with E-state index in [0.29, 0.717) is 17.9 Å². The summed E-state index contributed by atoms with van der Waals surface area (Å²) >= 11 is 3.46. The summed E-state index contributed by atoms with van der Waals surface area (Å²) in [5.74, 6) is 1.36. The number of hydrazone groups is 1. The van der Waals surface area contributed by atoms with E-state index in [0.717, 1.165) is 15.8 Å². The van der Waals surface area contributed by atoms with Crippen LogP contribution in [0.2, 0.25) is 0 Å². The predicted octanol–water partition coefficient (Wildman–Crippen LogP) is 4.89. The number of rotatable bonds is 4. The second kappa shape index (κ2) is 6.98. The Bertz CT molecular complexity index is 1110. The van der Waals surface area contributed by atoms with Crippen molar-refractivity contribution >= 4 is 31.7 Å². The Labute approximate surface area is 166 Å². The SMILES string of the molecule is Cc1ccc(C2=NN(S(=O)(=O)c3ccccc3)C(c3cccc(Br)c3)C2)o1. The normalized spacial score (nSPS) is 17.2. The zero-order chi connectivity index (χ0) is 19.0. The molecular formula is C20H17BrN2O3S. The van der Waals surface area contributed by atoms with Crippen molar-refractivity contribution < 1.29 is 12.8 Å². The molecule has 0 fully saturated rings. The Morgan fingerprint density at radius 1 is 1.07 bits per heavy atom. The topological polar surface area (TPSA) is 62.9 Å². The second-order valence-corrected chi connectivity index (χ2v) is 9.03. The van der Waals surface area contributed by atoms with Crippen molar-refractivity contribution in [1.29, 1.82) is 0 Å². The molecular weight excluding hydrogens is 428 g/mol. The van der Waals surface area contributed by atoms with Gasteiger partial charge in [0.1, 0.15) is 17.2 Å². The summed E-state index contributed by atoms with van der Waals surface area (Å²) in [6.45, 7) is 1.85. The maximum Gasteiger partial charge on any atom is 0.279 e. The highest BCUT2D eigenvalue weighted by Crippen LogP contribution is 2.38. The lowest BCUT2D eigenvalue weighted by atomic mass is 10.0. The highest BCUT2D eigenvalue weighted by Gasteiger charge is 2.38. The van der Waals surface area contributed by atoms with Gasteiger partial charge in [0.2, 0.25) is 0 Å². The lowest BCUT2D eigenvalue weighted by molar-refractivity contribution is 0.371. The van der Waals surface area contributed by atoms with Crippen molar-refractivity contribution in [3.63, 3.8) is 0 Å². The number of hydrogen-bond acceptors (Lipinski definition) is 4. The van der Waals surface area contributed by atoms with Crippen LogP contribution in [-0.4, -0.2) is 18.5 Å². The fourth-order valence-corrected chi connectivity index (χ4v) is 4.98. The van der Waals surface area contributed by atoms with Crippen molar-refractivity contribution in [3.05, 3.63) is 88.3 Å². The van der Waals surface area contributed by atoms with Gasteiger partial charge in [0.15, 0.2) is 0 Å². The van der Waals surface area contributed by atoms with Crippen LogP contribution < -0.4 is 0 Å². The molecule has 0 saturated heterocycles. The molecule has 1 atom stereocenters. The minimum atomic E-state index is -3.79. The summed E-state index contributed by atoms with van der Waals surface area (Å²) in [6.07, 6.45) is 0.440. The third kappa shape index (κ3) is 3.44. The van der Waals surface area contributed by atoms with Gasteiger partial charge in [0.25, 0.3) is 10.0 Å². The first kappa shape index (κ1) is 18.0. The van der Waals surface area contributed by atoms with Crippen LogP contribution in [-0.2, 0) is 10.0 Å². The molecule has 2 aromatic carbocycles. The van der Waals surface area contributed by atoms with E-state index >= 15 is 0 Å². The Morgan fingerprint density at radius 3 is 2.52 bits per heavy atom. The molecule has 1 aliphatic rings. The molecule has 0 saturated carbocycles. The molecule has 7 heteroatoms. The summed E-state index contributed by atoms with van der Waals surface area (Å²) in [7, 11) is -3.79. The average Bonchev–Trinajstić information content (AvgIpc) is 3.29. The first-order chi connectivity index (χ1) is 12.9. The molecule has 3 aromatic rings. The standard InChI is InChI=1S/C20H17BrN2O3S/c1-14-10-11-20(26-14)18-13-19(15-6-5-7-16(21)12-15)23(22-18)27(24,25)17-8-3-2-4-9-17/h2-12,19H,13H2,1H3. The predicted molar refractivity (Wildman–Crippen MR) is 107 cm³/mol. The summed E-state index contributed by atoms with van der Waals surface area (Å²) in [5.41, 5.74) is 1.48. The molecule has 1 aromatic heterocycles. The Kier molecular flexibility index (Phi) is 4.65. The molecule has 27 heavy (non-hydrogen) atoms. The number of hydrogen-bond donors (Lipinski definition) is 0. The fraction of sp³-hybridized carbons (Fsp3) is 0.150. The van der Waals surface area contributed by atoms with E-state index < -0.39 is 16.1 Å². The molecule has 0 amide bonds. The van der Waals surface area contributed by atoms with E-state index in [9.17, 15) is 8.42 Å². The molecule has 1 aliphatic heterocycles. The number of nitrogens with zero attached hydrogens (tertiary/aromatic N) is 2. The van der Waals surface area contributed by atoms with Crippen molar-refractivity contribution in [3.8, 4) is 0 Å². The molecule has 0 N–H and O–H groups in total. The lowest BCUT2D eigenvalue weighted by Crippen LogP contribution is -2.27. The van der Waals surface area contributed by atoms with Gasteiger partial charge in [-0.2, -0.15) is 17.9 Å². The third-order valence-electron chi connectivity index (χ3n) is 4.42. The van der Waals surface area contributed by atoms with Gasteiger partial charge in [0.05, 0.1) is 10.9 Å². The van der Waals surface area contributed by atoms with E-state index in [-0.39, 0.29) is 4.90 Å². The Hall–Kier alpha value is -2.38. The molecule has 4 rings (SSSR count). The van der Waals surface area contributed by atoms with Crippen LogP contribution in [0.3, 0.4) is 0 Å². The molecule has 5 nitrogen and oxygen atoms in total. The van der Waals surface area contributed by atoms with Gasteiger partial charge in [-0.05, 0) is 48.9 Å². The molecule has 2 heterocycles. The maximum atomic E-state index is 13.3. The zero-order valence-corrected chi connectivity index (χ0v) is 16.9. The van der Waals surface area contributed by atoms with Gasteiger partial charge < -0.3 is 4.42 Å². The van der Waals surface area contributed by atoms with Gasteiger partial charge >= 0.3 is 0 Å². The number of sulfonamides is 1. The van der Waals surface area contributed by atoms with Crippen LogP contribution in [0.4, 0.5) is 0 Å². The number of halogens is 1. The van der Waals surface area contributed by atoms with Crippen LogP contribution in [0.25, 0.3) is 0 Å². The minimum absolute atomic E-state index is 0.214. The van der Waals surface area contributed by atoms with Gasteiger partial charge in [-0.1, -0.05) is 46.3 Å². The van der Waals surface area contributed by atoms with Crippen molar-refractivity contribution in [2.24, 2.45) is 5.10 Å². The van der Waals surface area contributed by atoms with Crippen LogP contribution in [0.15, 0.2) is 85.6 Å². The van der Waals surface area contributed by atoms with Crippen LogP contribution in [0, 0.1) is 6.92 Å². The first-order valence-corrected chi connectivity index (χ1v) is 10.7. The highest BCUT2D eigenvalue weighted by atomic mass is 79.9. The van der Waals surface area contributed by atoms with E-state index in [2.05, 4.69) is 21.0 Å². The number of furan rings is 1. The highest BCUT2D eigenvalue weighted by molar-refractivity contribution is 9.10. The van der Waals surface area contributed by atoms with Gasteiger partial charge in [-0.15, -0.1) is 0 Å². The van der Waals surface area contributed by atoms with Crippen LogP contribution >= 0.6 is 15.9 Å². The number of aryl methyl sites for hydroxylation is 1. The molecule has 138 valence electrons. The van der Waals surface area contributed by atoms with Crippen molar-refractivity contribution in [2.75, 3.05) is 0 Å². The quantitative estimate of drug-likeness (QED) is 0.575. The van der Waals surface area contributed by atoms with Crippen molar-refractivity contribution in [1.82, 2.24) is 4.41 Å². The van der Waals surface area contributed by atoms with Gasteiger partial charge in [-0.25, -0.2) is 0 Å². The minimum Gasteiger partial charge on any atom is -0.460 e. The van der Waals surface area contributed by atoms with Crippen LogP contribution in [0.5, 0.6) is 0 Å². The first-order valence-electron chi connectivity index (χ1n) is 8.44. The second-order valence-electron chi connectivity index (χ2n) is 6.32. The smallest absolute Gasteiger partial charge is 0.279 e. The molecule has 0 radical (unpaired) electrons. The zero-order valence-electron chi connectivity index (χ0n) is 14.5. The van der Waals surface area contributed by atoms with E-state index in [1.165, 1.54) is 4.41 Å². The van der Waals surface area contributed by atoms with Crippen LogP contribution in [0.1, 0.15) is 29.5 Å². The van der Waals surface area contributed by atoms with Crippen molar-refractivity contribution in [2.45, 2.75) is 24.3 Å². The van der Waals surface area contributed by atoms with E-state index in [4.69, 9.17) is 4.42 Å². The largest absolute Gasteiger partial charge is 0.460 e. The summed E-state index contributed by atoms with van der Waals surface area (Å²) < 4.78 is 34.3. The monoisotopic (exact) mass is 444 g/mol. The lowest BCUT2D eigenvalue weighted by Gasteiger charge is -2.23. The number of benzene rings is 2. The summed E-state index contributed by atoms with van der Waals surface area (Å²) in [4.78, 5) is 0.214. The average molecular weight is 445 g/mol. The van der Waals surface area contributed by atoms with E-state index in [1.54, 1.807) is 30.3 Å². The fourth-order valence-electron chi connectivity index (χ4n) is 3.11. The molecule has 0 aliphatic carbocycles. The Morgan fingerprint density at radius 2 is 1.85 bits per heavy atom. The molecule has 1 unspecified atom stereocenters.